The van der Waals surface area contributed by atoms with Gasteiger partial charge in [-0.15, -0.1) is 0 Å². The van der Waals surface area contributed by atoms with Crippen molar-refractivity contribution in [2.75, 3.05) is 13.3 Å². The van der Waals surface area contributed by atoms with E-state index in [0.29, 0.717) is 5.75 Å². The first-order chi connectivity index (χ1) is 12.5. The molecule has 144 valence electrons. The van der Waals surface area contributed by atoms with Crippen molar-refractivity contribution in [2.45, 2.75) is 65.2 Å². The quantitative estimate of drug-likeness (QED) is 0.403. The van der Waals surface area contributed by atoms with Crippen molar-refractivity contribution in [3.8, 4) is 11.5 Å². The summed E-state index contributed by atoms with van der Waals surface area (Å²) in [5.41, 5.74) is 4.26. The molecule has 2 rings (SSSR count). The average molecular weight is 361 g/mol. The minimum Gasteiger partial charge on any atom is -0.507 e. The third-order valence-electron chi connectivity index (χ3n) is 5.30. The first-order valence-corrected chi connectivity index (χ1v) is 9.85. The molecule has 0 fully saturated rings. The number of rotatable bonds is 9. The molecular formula is C23H33FO2. The van der Waals surface area contributed by atoms with E-state index in [-0.39, 0.29) is 24.2 Å². The monoisotopic (exact) mass is 360 g/mol. The molecular weight excluding hydrogens is 327 g/mol. The summed E-state index contributed by atoms with van der Waals surface area (Å²) in [4.78, 5) is 0. The summed E-state index contributed by atoms with van der Waals surface area (Å²) < 4.78 is 18.5. The molecule has 2 nitrogen and oxygen atoms in total. The van der Waals surface area contributed by atoms with Gasteiger partial charge in [0.2, 0.25) is 0 Å². The lowest BCUT2D eigenvalue weighted by molar-refractivity contribution is 0.266. The number of aromatic hydroxyl groups is 1. The second kappa shape index (κ2) is 9.80. The molecule has 2 atom stereocenters. The largest absolute Gasteiger partial charge is 0.507 e. The third kappa shape index (κ3) is 5.12. The topological polar surface area (TPSA) is 29.5 Å². The van der Waals surface area contributed by atoms with Crippen molar-refractivity contribution in [2.24, 2.45) is 5.92 Å². The van der Waals surface area contributed by atoms with Gasteiger partial charge in [0.1, 0.15) is 24.8 Å². The molecule has 1 aliphatic rings. The normalized spacial score (nSPS) is 19.9. The fraction of sp³-hybridized carbons (Fsp3) is 0.565. The molecule has 0 aliphatic heterocycles. The minimum absolute atomic E-state index is 0.0119. The Morgan fingerprint density at radius 3 is 2.77 bits per heavy atom. The SMILES string of the molecule is C=C(C)C1CCC(C)=CC1c1c(O)cc(CCCCC)cc1OCCF. The van der Waals surface area contributed by atoms with Gasteiger partial charge in [0.05, 0.1) is 0 Å². The predicted molar refractivity (Wildman–Crippen MR) is 107 cm³/mol. The van der Waals surface area contributed by atoms with Gasteiger partial charge in [-0.2, -0.15) is 0 Å². The van der Waals surface area contributed by atoms with Crippen LogP contribution in [-0.4, -0.2) is 18.4 Å². The number of unbranched alkanes of at least 4 members (excludes halogenated alkanes) is 2. The number of alkyl halides is 1. The van der Waals surface area contributed by atoms with Crippen LogP contribution in [0.2, 0.25) is 0 Å². The van der Waals surface area contributed by atoms with Gasteiger partial charge >= 0.3 is 0 Å². The lowest BCUT2D eigenvalue weighted by atomic mass is 9.73. The molecule has 1 aromatic rings. The van der Waals surface area contributed by atoms with E-state index in [0.717, 1.165) is 55.2 Å². The zero-order valence-electron chi connectivity index (χ0n) is 16.5. The highest BCUT2D eigenvalue weighted by Crippen LogP contribution is 2.46. The number of hydrogen-bond acceptors (Lipinski definition) is 2. The molecule has 0 saturated carbocycles. The minimum atomic E-state index is -0.538. The van der Waals surface area contributed by atoms with E-state index in [4.69, 9.17) is 4.74 Å². The van der Waals surface area contributed by atoms with Gasteiger partial charge in [0.25, 0.3) is 0 Å². The number of hydrogen-bond donors (Lipinski definition) is 1. The first kappa shape index (κ1) is 20.5. The second-order valence-corrected chi connectivity index (χ2v) is 7.55. The summed E-state index contributed by atoms with van der Waals surface area (Å²) in [6.07, 6.45) is 8.57. The van der Waals surface area contributed by atoms with E-state index in [2.05, 4.69) is 26.5 Å². The molecule has 0 spiro atoms. The van der Waals surface area contributed by atoms with Gasteiger partial charge in [0.15, 0.2) is 0 Å². The van der Waals surface area contributed by atoms with Crippen LogP contribution in [0.5, 0.6) is 11.5 Å². The lowest BCUT2D eigenvalue weighted by Crippen LogP contribution is -2.18. The molecule has 26 heavy (non-hydrogen) atoms. The van der Waals surface area contributed by atoms with Gasteiger partial charge in [-0.3, -0.25) is 0 Å². The Morgan fingerprint density at radius 1 is 1.35 bits per heavy atom. The number of allylic oxidation sites excluding steroid dienone is 3. The van der Waals surface area contributed by atoms with Crippen LogP contribution in [0.3, 0.4) is 0 Å². The van der Waals surface area contributed by atoms with Crippen molar-refractivity contribution in [3.63, 3.8) is 0 Å². The summed E-state index contributed by atoms with van der Waals surface area (Å²) >= 11 is 0. The molecule has 0 aromatic heterocycles. The van der Waals surface area contributed by atoms with Crippen LogP contribution in [0.4, 0.5) is 4.39 Å². The Balaban J connectivity index is 2.43. The highest BCUT2D eigenvalue weighted by Gasteiger charge is 2.30. The number of phenolic OH excluding ortho intramolecular Hbond substituents is 1. The van der Waals surface area contributed by atoms with Crippen molar-refractivity contribution >= 4 is 0 Å². The zero-order chi connectivity index (χ0) is 19.1. The van der Waals surface area contributed by atoms with Crippen LogP contribution in [0.15, 0.2) is 35.9 Å². The Kier molecular flexibility index (Phi) is 7.74. The molecule has 0 bridgehead atoms. The van der Waals surface area contributed by atoms with Crippen molar-refractivity contribution < 1.29 is 14.2 Å². The number of aryl methyl sites for hydroxylation is 1. The second-order valence-electron chi connectivity index (χ2n) is 7.55. The van der Waals surface area contributed by atoms with E-state index >= 15 is 0 Å². The fourth-order valence-corrected chi connectivity index (χ4v) is 3.90. The fourth-order valence-electron chi connectivity index (χ4n) is 3.90. The van der Waals surface area contributed by atoms with Crippen LogP contribution < -0.4 is 4.74 Å². The lowest BCUT2D eigenvalue weighted by Gasteiger charge is -2.32. The predicted octanol–water partition coefficient (Wildman–Crippen LogP) is 6.49. The summed E-state index contributed by atoms with van der Waals surface area (Å²) in [6, 6.07) is 3.86. The smallest absolute Gasteiger partial charge is 0.127 e. The molecule has 1 aliphatic carbocycles. The molecule has 0 heterocycles. The van der Waals surface area contributed by atoms with Gasteiger partial charge < -0.3 is 9.84 Å². The third-order valence-corrected chi connectivity index (χ3v) is 5.30. The number of ether oxygens (including phenoxy) is 1. The Labute approximate surface area is 157 Å². The van der Waals surface area contributed by atoms with Crippen LogP contribution in [0.1, 0.15) is 69.9 Å². The van der Waals surface area contributed by atoms with Gasteiger partial charge in [-0.05, 0) is 63.1 Å². The molecule has 0 saturated heterocycles. The van der Waals surface area contributed by atoms with Crippen LogP contribution in [-0.2, 0) is 6.42 Å². The Morgan fingerprint density at radius 2 is 2.12 bits per heavy atom. The molecule has 3 heteroatoms. The molecule has 2 unspecified atom stereocenters. The van der Waals surface area contributed by atoms with Gasteiger partial charge in [0, 0.05) is 11.5 Å². The van der Waals surface area contributed by atoms with Crippen LogP contribution in [0, 0.1) is 5.92 Å². The van der Waals surface area contributed by atoms with E-state index in [1.165, 1.54) is 5.57 Å². The van der Waals surface area contributed by atoms with E-state index in [9.17, 15) is 9.50 Å². The summed E-state index contributed by atoms with van der Waals surface area (Å²) in [7, 11) is 0. The van der Waals surface area contributed by atoms with E-state index < -0.39 is 6.67 Å². The maximum atomic E-state index is 12.8. The van der Waals surface area contributed by atoms with Gasteiger partial charge in [-0.1, -0.05) is 43.6 Å². The zero-order valence-corrected chi connectivity index (χ0v) is 16.5. The van der Waals surface area contributed by atoms with Crippen LogP contribution in [0.25, 0.3) is 0 Å². The number of benzene rings is 1. The van der Waals surface area contributed by atoms with Crippen molar-refractivity contribution in [1.29, 1.82) is 0 Å². The molecule has 0 radical (unpaired) electrons. The number of halogens is 1. The molecule has 1 N–H and O–H groups in total. The van der Waals surface area contributed by atoms with Crippen LogP contribution >= 0.6 is 0 Å². The summed E-state index contributed by atoms with van der Waals surface area (Å²) in [5.74, 6) is 1.18. The number of phenols is 1. The Hall–Kier alpha value is -1.77. The van der Waals surface area contributed by atoms with E-state index in [1.54, 1.807) is 0 Å². The highest BCUT2D eigenvalue weighted by atomic mass is 19.1. The van der Waals surface area contributed by atoms with E-state index in [1.807, 2.05) is 19.1 Å². The molecule has 1 aromatic carbocycles. The molecule has 0 amide bonds. The highest BCUT2D eigenvalue weighted by molar-refractivity contribution is 5.52. The van der Waals surface area contributed by atoms with Gasteiger partial charge in [-0.25, -0.2) is 4.39 Å². The maximum Gasteiger partial charge on any atom is 0.127 e. The van der Waals surface area contributed by atoms with Crippen molar-refractivity contribution in [1.82, 2.24) is 0 Å². The van der Waals surface area contributed by atoms with Crippen molar-refractivity contribution in [3.05, 3.63) is 47.1 Å². The summed E-state index contributed by atoms with van der Waals surface area (Å²) in [5, 5.41) is 10.8. The Bertz CT molecular complexity index is 648. The maximum absolute atomic E-state index is 12.8. The average Bonchev–Trinajstić information content (AvgIpc) is 2.59. The standard InChI is InChI=1S/C23H33FO2/c1-5-6-7-8-18-14-21(25)23(22(15-18)26-12-11-24)20-13-17(4)9-10-19(20)16(2)3/h13-15,19-20,25H,2,5-12H2,1,3-4H3. The first-order valence-electron chi connectivity index (χ1n) is 9.85. The summed E-state index contributed by atoms with van der Waals surface area (Å²) in [6.45, 7) is 9.97.